The molecule has 7 heteroatoms. The van der Waals surface area contributed by atoms with Crippen molar-refractivity contribution in [2.75, 3.05) is 36.5 Å². The Hall–Kier alpha value is -2.25. The monoisotopic (exact) mass is 415 g/mol. The first-order valence-electron chi connectivity index (χ1n) is 10.3. The van der Waals surface area contributed by atoms with Gasteiger partial charge in [-0.05, 0) is 48.7 Å². The molecule has 0 amide bonds. The zero-order valence-electron chi connectivity index (χ0n) is 17.3. The highest BCUT2D eigenvalue weighted by Gasteiger charge is 2.39. The molecule has 0 saturated carbocycles. The third kappa shape index (κ3) is 3.46. The molecular weight excluding hydrogens is 386 g/mol. The van der Waals surface area contributed by atoms with Gasteiger partial charge in [0.15, 0.2) is 0 Å². The second kappa shape index (κ2) is 7.88. The van der Waals surface area contributed by atoms with Gasteiger partial charge in [0.25, 0.3) is 0 Å². The molecule has 156 valence electrons. The molecule has 0 N–H and O–H groups in total. The molecule has 6 nitrogen and oxygen atoms in total. The van der Waals surface area contributed by atoms with Gasteiger partial charge in [0, 0.05) is 26.2 Å². The molecule has 2 aliphatic heterocycles. The van der Waals surface area contributed by atoms with E-state index >= 15 is 0 Å². The summed E-state index contributed by atoms with van der Waals surface area (Å²) in [6, 6.07) is 13.7. The maximum absolute atomic E-state index is 13.1. The van der Waals surface area contributed by atoms with Gasteiger partial charge in [-0.1, -0.05) is 26.0 Å². The third-order valence-corrected chi connectivity index (χ3v) is 8.02. The lowest BCUT2D eigenvalue weighted by Gasteiger charge is -2.28. The van der Waals surface area contributed by atoms with Crippen molar-refractivity contribution >= 4 is 21.4 Å². The Morgan fingerprint density at radius 1 is 1.10 bits per heavy atom. The molecule has 1 saturated heterocycles. The lowest BCUT2D eigenvalue weighted by atomic mass is 10.1. The summed E-state index contributed by atoms with van der Waals surface area (Å²) in [4.78, 5) is 5.12. The molecule has 0 aliphatic carbocycles. The highest BCUT2D eigenvalue weighted by molar-refractivity contribution is 7.89. The standard InChI is InChI=1S/C22H29N3O3S/c1-4-23(5-2)29(26,27)19-11-12-20-21(15-19)25(22-10-7-13-24(20)22)16-17-8-6-9-18(14-17)28-3/h6,8-9,11-12,14-15,22H,4-5,7,10,13,16H2,1-3H3. The van der Waals surface area contributed by atoms with Crippen LogP contribution in [0.2, 0.25) is 0 Å². The lowest BCUT2D eigenvalue weighted by Crippen LogP contribution is -2.38. The minimum absolute atomic E-state index is 0.280. The van der Waals surface area contributed by atoms with E-state index in [1.165, 1.54) is 4.31 Å². The Kier molecular flexibility index (Phi) is 5.44. The number of ether oxygens (including phenoxy) is 1. The summed E-state index contributed by atoms with van der Waals surface area (Å²) in [6.07, 6.45) is 2.51. The topological polar surface area (TPSA) is 53.1 Å². The van der Waals surface area contributed by atoms with Gasteiger partial charge in [-0.15, -0.1) is 0 Å². The molecule has 2 aromatic carbocycles. The van der Waals surface area contributed by atoms with Crippen LogP contribution in [-0.4, -0.2) is 45.6 Å². The molecule has 2 aliphatic rings. The highest BCUT2D eigenvalue weighted by atomic mass is 32.2. The van der Waals surface area contributed by atoms with Crippen LogP contribution in [-0.2, 0) is 16.6 Å². The van der Waals surface area contributed by atoms with Gasteiger partial charge in [0.05, 0.1) is 23.4 Å². The van der Waals surface area contributed by atoms with Gasteiger partial charge in [-0.3, -0.25) is 0 Å². The number of benzene rings is 2. The van der Waals surface area contributed by atoms with Crippen molar-refractivity contribution in [3.63, 3.8) is 0 Å². The van der Waals surface area contributed by atoms with Gasteiger partial charge >= 0.3 is 0 Å². The molecule has 0 bridgehead atoms. The van der Waals surface area contributed by atoms with Crippen LogP contribution in [0.5, 0.6) is 5.75 Å². The van der Waals surface area contributed by atoms with Crippen molar-refractivity contribution < 1.29 is 13.2 Å². The van der Waals surface area contributed by atoms with Crippen molar-refractivity contribution in [1.82, 2.24) is 4.31 Å². The van der Waals surface area contributed by atoms with Crippen LogP contribution in [0.1, 0.15) is 32.3 Å². The Labute approximate surface area is 173 Å². The summed E-state index contributed by atoms with van der Waals surface area (Å²) in [5.41, 5.74) is 3.29. The van der Waals surface area contributed by atoms with E-state index in [0.717, 1.165) is 48.6 Å². The maximum atomic E-state index is 13.1. The normalized spacial score (nSPS) is 18.3. The number of methoxy groups -OCH3 is 1. The maximum Gasteiger partial charge on any atom is 0.243 e. The Bertz CT molecular complexity index is 989. The van der Waals surface area contributed by atoms with Crippen LogP contribution in [0.15, 0.2) is 47.4 Å². The van der Waals surface area contributed by atoms with Crippen LogP contribution in [0, 0.1) is 0 Å². The summed E-state index contributed by atoms with van der Waals surface area (Å²) < 4.78 is 33.0. The van der Waals surface area contributed by atoms with Crippen LogP contribution in [0.25, 0.3) is 0 Å². The molecular formula is C22H29N3O3S. The number of hydrogen-bond donors (Lipinski definition) is 0. The molecule has 0 radical (unpaired) electrons. The summed E-state index contributed by atoms with van der Waals surface area (Å²) in [7, 11) is -1.81. The Balaban J connectivity index is 1.73. The number of sulfonamides is 1. The van der Waals surface area contributed by atoms with E-state index in [-0.39, 0.29) is 6.17 Å². The third-order valence-electron chi connectivity index (χ3n) is 5.98. The smallest absolute Gasteiger partial charge is 0.243 e. The first kappa shape index (κ1) is 20.0. The van der Waals surface area contributed by atoms with Gasteiger partial charge in [-0.25, -0.2) is 8.42 Å². The van der Waals surface area contributed by atoms with Gasteiger partial charge < -0.3 is 14.5 Å². The van der Waals surface area contributed by atoms with Crippen molar-refractivity contribution in [2.24, 2.45) is 0 Å². The van der Waals surface area contributed by atoms with Crippen LogP contribution in [0.4, 0.5) is 11.4 Å². The second-order valence-corrected chi connectivity index (χ2v) is 9.47. The van der Waals surface area contributed by atoms with Crippen molar-refractivity contribution in [3.8, 4) is 5.75 Å². The summed E-state index contributed by atoms with van der Waals surface area (Å²) >= 11 is 0. The molecule has 2 heterocycles. The largest absolute Gasteiger partial charge is 0.497 e. The van der Waals surface area contributed by atoms with Gasteiger partial charge in [0.1, 0.15) is 11.9 Å². The molecule has 1 unspecified atom stereocenters. The fourth-order valence-electron chi connectivity index (χ4n) is 4.52. The number of fused-ring (bicyclic) bond motifs is 3. The Morgan fingerprint density at radius 3 is 2.62 bits per heavy atom. The Morgan fingerprint density at radius 2 is 1.90 bits per heavy atom. The molecule has 1 atom stereocenters. The molecule has 4 rings (SSSR count). The van der Waals surface area contributed by atoms with Crippen LogP contribution < -0.4 is 14.5 Å². The quantitative estimate of drug-likeness (QED) is 0.691. The summed E-state index contributed by atoms with van der Waals surface area (Å²) in [5.74, 6) is 0.836. The molecule has 0 spiro atoms. The molecule has 29 heavy (non-hydrogen) atoms. The van der Waals surface area contributed by atoms with E-state index in [1.54, 1.807) is 13.2 Å². The van der Waals surface area contributed by atoms with Gasteiger partial charge in [0.2, 0.25) is 10.0 Å². The summed E-state index contributed by atoms with van der Waals surface area (Å²) in [5, 5.41) is 0. The average Bonchev–Trinajstić information content (AvgIpc) is 3.31. The lowest BCUT2D eigenvalue weighted by molar-refractivity contribution is 0.414. The minimum atomic E-state index is -3.49. The number of anilines is 2. The minimum Gasteiger partial charge on any atom is -0.497 e. The molecule has 0 aromatic heterocycles. The highest BCUT2D eigenvalue weighted by Crippen LogP contribution is 2.45. The van der Waals surface area contributed by atoms with E-state index in [9.17, 15) is 8.42 Å². The fraction of sp³-hybridized carbons (Fsp3) is 0.455. The van der Waals surface area contributed by atoms with E-state index in [0.29, 0.717) is 18.0 Å². The van der Waals surface area contributed by atoms with E-state index in [2.05, 4.69) is 15.9 Å². The van der Waals surface area contributed by atoms with Crippen LogP contribution in [0.3, 0.4) is 0 Å². The summed E-state index contributed by atoms with van der Waals surface area (Å²) in [6.45, 7) is 6.42. The van der Waals surface area contributed by atoms with Crippen molar-refractivity contribution in [3.05, 3.63) is 48.0 Å². The van der Waals surface area contributed by atoms with E-state index in [1.807, 2.05) is 44.2 Å². The van der Waals surface area contributed by atoms with E-state index in [4.69, 9.17) is 4.74 Å². The number of hydrogen-bond acceptors (Lipinski definition) is 5. The zero-order chi connectivity index (χ0) is 20.6. The first-order valence-corrected chi connectivity index (χ1v) is 11.7. The zero-order valence-corrected chi connectivity index (χ0v) is 18.2. The SMILES string of the molecule is CCN(CC)S(=O)(=O)c1ccc2c(c1)N(Cc1cccc(OC)c1)C1CCCN21. The predicted molar refractivity (Wildman–Crippen MR) is 116 cm³/mol. The molecule has 2 aromatic rings. The van der Waals surface area contributed by atoms with Crippen molar-refractivity contribution in [1.29, 1.82) is 0 Å². The number of nitrogens with zero attached hydrogens (tertiary/aromatic N) is 3. The van der Waals surface area contributed by atoms with E-state index < -0.39 is 10.0 Å². The first-order chi connectivity index (χ1) is 14.0. The number of rotatable bonds is 7. The second-order valence-electron chi connectivity index (χ2n) is 7.54. The fourth-order valence-corrected chi connectivity index (χ4v) is 6.00. The average molecular weight is 416 g/mol. The predicted octanol–water partition coefficient (Wildman–Crippen LogP) is 3.67. The van der Waals surface area contributed by atoms with Gasteiger partial charge in [-0.2, -0.15) is 4.31 Å². The van der Waals surface area contributed by atoms with Crippen LogP contribution >= 0.6 is 0 Å². The van der Waals surface area contributed by atoms with Crippen molar-refractivity contribution in [2.45, 2.75) is 44.3 Å². The molecule has 1 fully saturated rings.